The molecule has 0 aliphatic carbocycles. The number of nitrogens with two attached hydrogens (primary N) is 1. The summed E-state index contributed by atoms with van der Waals surface area (Å²) in [7, 11) is 0. The Balaban J connectivity index is 2.68. The second kappa shape index (κ2) is 3.76. The maximum absolute atomic E-state index is 13.4. The molecular formula is C12H12FN. The fraction of sp³-hybridized carbons (Fsp3) is 0.167. The highest BCUT2D eigenvalue weighted by Gasteiger charge is 2.03. The van der Waals surface area contributed by atoms with E-state index in [1.54, 1.807) is 6.07 Å². The first kappa shape index (κ1) is 9.16. The van der Waals surface area contributed by atoms with E-state index in [4.69, 9.17) is 5.73 Å². The lowest BCUT2D eigenvalue weighted by atomic mass is 10.0. The van der Waals surface area contributed by atoms with Gasteiger partial charge in [0.25, 0.3) is 0 Å². The molecule has 2 aromatic carbocycles. The number of fused-ring (bicyclic) bond motifs is 1. The Bertz CT molecular complexity index is 451. The predicted octanol–water partition coefficient (Wildman–Crippen LogP) is 2.48. The van der Waals surface area contributed by atoms with Crippen molar-refractivity contribution in [2.45, 2.75) is 6.42 Å². The average molecular weight is 189 g/mol. The molecular weight excluding hydrogens is 177 g/mol. The van der Waals surface area contributed by atoms with Gasteiger partial charge in [0.2, 0.25) is 0 Å². The van der Waals surface area contributed by atoms with Crippen LogP contribution in [0.25, 0.3) is 10.8 Å². The molecule has 2 aromatic rings. The third-order valence-corrected chi connectivity index (χ3v) is 2.37. The summed E-state index contributed by atoms with van der Waals surface area (Å²) in [6.45, 7) is 0.593. The van der Waals surface area contributed by atoms with Gasteiger partial charge in [0.1, 0.15) is 5.82 Å². The molecule has 2 heteroatoms. The highest BCUT2D eigenvalue weighted by Crippen LogP contribution is 2.21. The third-order valence-electron chi connectivity index (χ3n) is 2.37. The van der Waals surface area contributed by atoms with Crippen molar-refractivity contribution in [2.75, 3.05) is 6.54 Å². The van der Waals surface area contributed by atoms with Crippen LogP contribution in [-0.4, -0.2) is 6.54 Å². The molecule has 0 unspecified atom stereocenters. The van der Waals surface area contributed by atoms with Crippen molar-refractivity contribution in [2.24, 2.45) is 5.73 Å². The maximum atomic E-state index is 13.4. The Hall–Kier alpha value is -1.41. The summed E-state index contributed by atoms with van der Waals surface area (Å²) in [5, 5.41) is 1.65. The molecule has 0 aliphatic rings. The van der Waals surface area contributed by atoms with E-state index in [-0.39, 0.29) is 5.82 Å². The van der Waals surface area contributed by atoms with Crippen LogP contribution in [0.3, 0.4) is 0 Å². The molecule has 0 saturated carbocycles. The van der Waals surface area contributed by atoms with Gasteiger partial charge in [0.15, 0.2) is 0 Å². The Morgan fingerprint density at radius 1 is 1.00 bits per heavy atom. The van der Waals surface area contributed by atoms with E-state index in [1.165, 1.54) is 6.07 Å². The van der Waals surface area contributed by atoms with E-state index in [1.807, 2.05) is 24.3 Å². The van der Waals surface area contributed by atoms with E-state index < -0.39 is 0 Å². The first-order valence-electron chi connectivity index (χ1n) is 4.69. The molecule has 0 heterocycles. The van der Waals surface area contributed by atoms with Crippen molar-refractivity contribution in [3.05, 3.63) is 47.8 Å². The quantitative estimate of drug-likeness (QED) is 0.771. The smallest absolute Gasteiger partial charge is 0.131 e. The molecule has 2 rings (SSSR count). The van der Waals surface area contributed by atoms with Crippen LogP contribution in [0, 0.1) is 5.82 Å². The predicted molar refractivity (Wildman–Crippen MR) is 56.7 cm³/mol. The van der Waals surface area contributed by atoms with E-state index in [0.717, 1.165) is 17.4 Å². The zero-order chi connectivity index (χ0) is 9.97. The van der Waals surface area contributed by atoms with Crippen molar-refractivity contribution in [3.63, 3.8) is 0 Å². The zero-order valence-corrected chi connectivity index (χ0v) is 7.83. The highest BCUT2D eigenvalue weighted by atomic mass is 19.1. The van der Waals surface area contributed by atoms with Crippen LogP contribution in [0.1, 0.15) is 5.56 Å². The molecule has 0 aliphatic heterocycles. The van der Waals surface area contributed by atoms with Gasteiger partial charge in [-0.05, 0) is 30.0 Å². The van der Waals surface area contributed by atoms with Crippen molar-refractivity contribution in [1.29, 1.82) is 0 Å². The highest BCUT2D eigenvalue weighted by molar-refractivity contribution is 5.86. The summed E-state index contributed by atoms with van der Waals surface area (Å²) in [6, 6.07) is 10.8. The lowest BCUT2D eigenvalue weighted by molar-refractivity contribution is 0.639. The molecule has 0 radical (unpaired) electrons. The molecule has 0 saturated heterocycles. The van der Waals surface area contributed by atoms with E-state index in [0.29, 0.717) is 11.9 Å². The SMILES string of the molecule is NCCc1ccc(F)c2ccccc12. The van der Waals surface area contributed by atoms with Crippen LogP contribution >= 0.6 is 0 Å². The zero-order valence-electron chi connectivity index (χ0n) is 7.83. The second-order valence-corrected chi connectivity index (χ2v) is 3.29. The topological polar surface area (TPSA) is 26.0 Å². The van der Waals surface area contributed by atoms with Gasteiger partial charge < -0.3 is 5.73 Å². The average Bonchev–Trinajstić information content (AvgIpc) is 2.23. The van der Waals surface area contributed by atoms with Gasteiger partial charge in [-0.25, -0.2) is 4.39 Å². The molecule has 0 spiro atoms. The molecule has 0 bridgehead atoms. The van der Waals surface area contributed by atoms with Crippen LogP contribution in [0.5, 0.6) is 0 Å². The van der Waals surface area contributed by atoms with Crippen LogP contribution < -0.4 is 5.73 Å². The number of hydrogen-bond donors (Lipinski definition) is 1. The van der Waals surface area contributed by atoms with Crippen molar-refractivity contribution in [1.82, 2.24) is 0 Å². The van der Waals surface area contributed by atoms with Gasteiger partial charge in [0, 0.05) is 5.39 Å². The molecule has 1 nitrogen and oxygen atoms in total. The van der Waals surface area contributed by atoms with E-state index in [9.17, 15) is 4.39 Å². The number of benzene rings is 2. The van der Waals surface area contributed by atoms with Crippen LogP contribution in [0.2, 0.25) is 0 Å². The largest absolute Gasteiger partial charge is 0.330 e. The molecule has 2 N–H and O–H groups in total. The lowest BCUT2D eigenvalue weighted by Crippen LogP contribution is -2.03. The van der Waals surface area contributed by atoms with Gasteiger partial charge in [-0.3, -0.25) is 0 Å². The fourth-order valence-corrected chi connectivity index (χ4v) is 1.70. The van der Waals surface area contributed by atoms with Gasteiger partial charge in [-0.2, -0.15) is 0 Å². The number of hydrogen-bond acceptors (Lipinski definition) is 1. The Kier molecular flexibility index (Phi) is 2.46. The second-order valence-electron chi connectivity index (χ2n) is 3.29. The molecule has 0 amide bonds. The van der Waals surface area contributed by atoms with Crippen molar-refractivity contribution in [3.8, 4) is 0 Å². The Morgan fingerprint density at radius 3 is 2.43 bits per heavy atom. The summed E-state index contributed by atoms with van der Waals surface area (Å²) in [5.41, 5.74) is 6.61. The molecule has 72 valence electrons. The summed E-state index contributed by atoms with van der Waals surface area (Å²) < 4.78 is 13.4. The summed E-state index contributed by atoms with van der Waals surface area (Å²) >= 11 is 0. The summed E-state index contributed by atoms with van der Waals surface area (Å²) in [6.07, 6.45) is 0.792. The minimum atomic E-state index is -0.165. The van der Waals surface area contributed by atoms with Gasteiger partial charge in [-0.1, -0.05) is 30.3 Å². The minimum Gasteiger partial charge on any atom is -0.330 e. The lowest BCUT2D eigenvalue weighted by Gasteiger charge is -2.05. The Morgan fingerprint density at radius 2 is 1.71 bits per heavy atom. The van der Waals surface area contributed by atoms with Gasteiger partial charge in [-0.15, -0.1) is 0 Å². The number of halogens is 1. The Labute approximate surface area is 82.3 Å². The summed E-state index contributed by atoms with van der Waals surface area (Å²) in [5.74, 6) is -0.165. The van der Waals surface area contributed by atoms with Crippen molar-refractivity contribution < 1.29 is 4.39 Å². The molecule has 0 fully saturated rings. The van der Waals surface area contributed by atoms with Crippen LogP contribution in [0.4, 0.5) is 4.39 Å². The molecule has 14 heavy (non-hydrogen) atoms. The monoisotopic (exact) mass is 189 g/mol. The normalized spacial score (nSPS) is 10.7. The number of rotatable bonds is 2. The first-order chi connectivity index (χ1) is 6.83. The summed E-state index contributed by atoms with van der Waals surface area (Å²) in [4.78, 5) is 0. The van der Waals surface area contributed by atoms with Gasteiger partial charge >= 0.3 is 0 Å². The molecule has 0 atom stereocenters. The van der Waals surface area contributed by atoms with Crippen molar-refractivity contribution >= 4 is 10.8 Å². The van der Waals surface area contributed by atoms with E-state index >= 15 is 0 Å². The van der Waals surface area contributed by atoms with Crippen LogP contribution in [-0.2, 0) is 6.42 Å². The van der Waals surface area contributed by atoms with Crippen LogP contribution in [0.15, 0.2) is 36.4 Å². The maximum Gasteiger partial charge on any atom is 0.131 e. The standard InChI is InChI=1S/C12H12FN/c13-12-6-5-9(7-8-14)10-3-1-2-4-11(10)12/h1-6H,7-8,14H2. The molecule has 0 aromatic heterocycles. The van der Waals surface area contributed by atoms with Gasteiger partial charge in [0.05, 0.1) is 0 Å². The minimum absolute atomic E-state index is 0.165. The first-order valence-corrected chi connectivity index (χ1v) is 4.69. The third kappa shape index (κ3) is 1.49. The fourth-order valence-electron chi connectivity index (χ4n) is 1.70. The van der Waals surface area contributed by atoms with E-state index in [2.05, 4.69) is 0 Å².